The van der Waals surface area contributed by atoms with Crippen molar-refractivity contribution in [3.8, 4) is 0 Å². The molecule has 0 rings (SSSR count). The van der Waals surface area contributed by atoms with Crippen LogP contribution in [0.4, 0.5) is 0 Å². The van der Waals surface area contributed by atoms with Crippen LogP contribution in [0.25, 0.3) is 0 Å². The number of hydrogen-bond donors (Lipinski definition) is 2. The fourth-order valence-electron chi connectivity index (χ4n) is 1.45. The second-order valence-electron chi connectivity index (χ2n) is 4.89. The third-order valence-electron chi connectivity index (χ3n) is 2.24. The predicted molar refractivity (Wildman–Crippen MR) is 75.6 cm³/mol. The molecule has 9 heteroatoms. The highest BCUT2D eigenvalue weighted by Gasteiger charge is 2.26. The van der Waals surface area contributed by atoms with E-state index in [4.69, 9.17) is 23.8 Å². The molecular weight excluding hydrogens is 303 g/mol. The summed E-state index contributed by atoms with van der Waals surface area (Å²) in [6, 6.07) is 0. The van der Waals surface area contributed by atoms with Crippen molar-refractivity contribution in [2.45, 2.75) is 39.1 Å². The average Bonchev–Trinajstić information content (AvgIpc) is 2.31. The minimum Gasteiger partial charge on any atom is -0.481 e. The molecule has 0 aliphatic carbocycles. The van der Waals surface area contributed by atoms with E-state index in [1.807, 2.05) is 13.8 Å². The Labute approximate surface area is 124 Å². The molecule has 0 fully saturated rings. The van der Waals surface area contributed by atoms with Crippen LogP contribution in [-0.4, -0.2) is 67.4 Å². The van der Waals surface area contributed by atoms with Crippen molar-refractivity contribution in [2.24, 2.45) is 0 Å². The first-order valence-corrected chi connectivity index (χ1v) is 8.36. The van der Waals surface area contributed by atoms with Crippen LogP contribution in [0.3, 0.4) is 0 Å². The van der Waals surface area contributed by atoms with Crippen LogP contribution in [0, 0.1) is 0 Å². The molecule has 3 atom stereocenters. The van der Waals surface area contributed by atoms with Gasteiger partial charge in [-0.25, -0.2) is 0 Å². The zero-order chi connectivity index (χ0) is 16.5. The number of rotatable bonds is 12. The zero-order valence-electron chi connectivity index (χ0n) is 12.9. The first-order chi connectivity index (χ1) is 9.66. The monoisotopic (exact) mass is 328 g/mol. The lowest BCUT2D eigenvalue weighted by molar-refractivity contribution is -0.134. The summed E-state index contributed by atoms with van der Waals surface area (Å²) >= 11 is 0. The van der Waals surface area contributed by atoms with Gasteiger partial charge in [-0.05, 0) is 20.8 Å². The van der Waals surface area contributed by atoms with Gasteiger partial charge in [-0.2, -0.15) is 0 Å². The second kappa shape index (κ2) is 10.3. The zero-order valence-corrected chi connectivity index (χ0v) is 13.7. The molecule has 0 heterocycles. The van der Waals surface area contributed by atoms with E-state index in [0.717, 1.165) is 0 Å². The molecule has 0 aromatic carbocycles. The van der Waals surface area contributed by atoms with Gasteiger partial charge in [0.15, 0.2) is 0 Å². The second-order valence-corrected chi connectivity index (χ2v) is 6.74. The van der Waals surface area contributed by atoms with Gasteiger partial charge in [0, 0.05) is 7.11 Å². The van der Waals surface area contributed by atoms with Crippen molar-refractivity contribution in [1.29, 1.82) is 0 Å². The van der Waals surface area contributed by atoms with E-state index >= 15 is 0 Å². The molecule has 0 aromatic rings. The summed E-state index contributed by atoms with van der Waals surface area (Å²) in [7, 11) is -2.64. The Morgan fingerprint density at radius 1 is 1.19 bits per heavy atom. The Morgan fingerprint density at radius 3 is 2.29 bits per heavy atom. The molecule has 0 radical (unpaired) electrons. The van der Waals surface area contributed by atoms with Gasteiger partial charge in [0.05, 0.1) is 32.0 Å². The van der Waals surface area contributed by atoms with Gasteiger partial charge in [-0.3, -0.25) is 9.36 Å². The van der Waals surface area contributed by atoms with E-state index in [9.17, 15) is 14.3 Å². The highest BCUT2D eigenvalue weighted by atomic mass is 31.2. The van der Waals surface area contributed by atoms with Crippen LogP contribution in [0.2, 0.25) is 0 Å². The van der Waals surface area contributed by atoms with Crippen LogP contribution in [0.1, 0.15) is 20.8 Å². The lowest BCUT2D eigenvalue weighted by Crippen LogP contribution is -2.32. The van der Waals surface area contributed by atoms with Gasteiger partial charge >= 0.3 is 13.6 Å². The summed E-state index contributed by atoms with van der Waals surface area (Å²) in [5.74, 6) is -1.40. The topological polar surface area (TPSA) is 112 Å². The third kappa shape index (κ3) is 11.8. The summed E-state index contributed by atoms with van der Waals surface area (Å²) in [6.07, 6.45) is -1.82. The van der Waals surface area contributed by atoms with Gasteiger partial charge in [0.25, 0.3) is 0 Å². The van der Waals surface area contributed by atoms with E-state index in [-0.39, 0.29) is 25.4 Å². The highest BCUT2D eigenvalue weighted by molar-refractivity contribution is 7.53. The average molecular weight is 328 g/mol. The smallest absolute Gasteiger partial charge is 0.339 e. The van der Waals surface area contributed by atoms with Gasteiger partial charge in [0.2, 0.25) is 0 Å². The molecule has 8 nitrogen and oxygen atoms in total. The molecule has 2 N–H and O–H groups in total. The SMILES string of the molecule is COC[C@H](C)O[C@@H](COC(C)C)COP(=O)(O)CC(=O)O. The number of methoxy groups -OCH3 is 1. The lowest BCUT2D eigenvalue weighted by Gasteiger charge is -2.23. The number of aliphatic carboxylic acids is 1. The van der Waals surface area contributed by atoms with Crippen molar-refractivity contribution >= 4 is 13.6 Å². The van der Waals surface area contributed by atoms with Gasteiger partial charge in [0.1, 0.15) is 12.3 Å². The van der Waals surface area contributed by atoms with Crippen molar-refractivity contribution in [3.63, 3.8) is 0 Å². The summed E-state index contributed by atoms with van der Waals surface area (Å²) in [6.45, 7) is 5.75. The Balaban J connectivity index is 4.44. The number of carbonyl (C=O) groups is 1. The fourth-order valence-corrected chi connectivity index (χ4v) is 2.28. The van der Waals surface area contributed by atoms with Crippen LogP contribution >= 0.6 is 7.60 Å². The minimum atomic E-state index is -4.18. The van der Waals surface area contributed by atoms with Crippen LogP contribution < -0.4 is 0 Å². The maximum Gasteiger partial charge on any atom is 0.339 e. The summed E-state index contributed by atoms with van der Waals surface area (Å²) < 4.78 is 32.2. The van der Waals surface area contributed by atoms with Crippen molar-refractivity contribution in [2.75, 3.05) is 33.1 Å². The Kier molecular flexibility index (Phi) is 10.0. The van der Waals surface area contributed by atoms with Crippen LogP contribution in [0.5, 0.6) is 0 Å². The van der Waals surface area contributed by atoms with E-state index in [0.29, 0.717) is 6.61 Å². The van der Waals surface area contributed by atoms with Crippen LogP contribution in [0.15, 0.2) is 0 Å². The summed E-state index contributed by atoms with van der Waals surface area (Å²) in [4.78, 5) is 19.8. The molecule has 1 unspecified atom stereocenters. The molecule has 21 heavy (non-hydrogen) atoms. The van der Waals surface area contributed by atoms with Crippen molar-refractivity contribution < 1.29 is 38.1 Å². The van der Waals surface area contributed by atoms with Gasteiger partial charge in [-0.15, -0.1) is 0 Å². The highest BCUT2D eigenvalue weighted by Crippen LogP contribution is 2.41. The first-order valence-electron chi connectivity index (χ1n) is 6.60. The molecule has 0 aliphatic rings. The van der Waals surface area contributed by atoms with E-state index in [1.165, 1.54) is 7.11 Å². The van der Waals surface area contributed by atoms with Crippen LogP contribution in [-0.2, 0) is 28.1 Å². The van der Waals surface area contributed by atoms with E-state index in [2.05, 4.69) is 0 Å². The van der Waals surface area contributed by atoms with E-state index < -0.39 is 25.8 Å². The predicted octanol–water partition coefficient (Wildman–Crippen LogP) is 1.12. The Morgan fingerprint density at radius 2 is 1.81 bits per heavy atom. The van der Waals surface area contributed by atoms with Crippen molar-refractivity contribution in [1.82, 2.24) is 0 Å². The number of hydrogen-bond acceptors (Lipinski definition) is 6. The molecule has 0 aromatic heterocycles. The standard InChI is InChI=1S/C12H25O8P/c1-9(2)18-6-11(20-10(3)5-17-4)7-19-21(15,16)8-12(13)14/h9-11H,5-8H2,1-4H3,(H,13,14)(H,15,16)/t10-,11-/m0/s1. The summed E-state index contributed by atoms with van der Waals surface area (Å²) in [5.41, 5.74) is 0. The van der Waals surface area contributed by atoms with Gasteiger partial charge < -0.3 is 28.7 Å². The maximum atomic E-state index is 11.5. The maximum absolute atomic E-state index is 11.5. The number of carboxylic acids is 1. The lowest BCUT2D eigenvalue weighted by atomic mass is 10.3. The largest absolute Gasteiger partial charge is 0.481 e. The molecule has 0 spiro atoms. The van der Waals surface area contributed by atoms with Crippen molar-refractivity contribution in [3.05, 3.63) is 0 Å². The summed E-state index contributed by atoms with van der Waals surface area (Å²) in [5, 5.41) is 8.52. The van der Waals surface area contributed by atoms with Gasteiger partial charge in [-0.1, -0.05) is 0 Å². The molecule has 0 bridgehead atoms. The molecule has 126 valence electrons. The molecule has 0 aliphatic heterocycles. The minimum absolute atomic E-state index is 0.0335. The quantitative estimate of drug-likeness (QED) is 0.513. The Hall–Kier alpha value is -0.500. The molecule has 0 saturated carbocycles. The Bertz CT molecular complexity index is 346. The first kappa shape index (κ1) is 20.5. The number of ether oxygens (including phenoxy) is 3. The van der Waals surface area contributed by atoms with E-state index in [1.54, 1.807) is 6.92 Å². The molecule has 0 amide bonds. The number of carboxylic acid groups (broad SMARTS) is 1. The normalized spacial score (nSPS) is 17.4. The molecule has 0 saturated heterocycles. The third-order valence-corrected chi connectivity index (χ3v) is 3.46. The fraction of sp³-hybridized carbons (Fsp3) is 0.917. The molecular formula is C12H25O8P.